The molecule has 27 heavy (non-hydrogen) atoms. The molecule has 2 amide bonds. The molecular formula is C19H30N2O5S. The van der Waals surface area contributed by atoms with E-state index < -0.39 is 5.60 Å². The largest absolute Gasteiger partial charge is 0.496 e. The zero-order valence-electron chi connectivity index (χ0n) is 16.5. The normalized spacial score (nSPS) is 18.6. The predicted molar refractivity (Wildman–Crippen MR) is 104 cm³/mol. The van der Waals surface area contributed by atoms with Crippen LogP contribution in [0.15, 0.2) is 11.4 Å². The highest BCUT2D eigenvalue weighted by Gasteiger charge is 2.36. The van der Waals surface area contributed by atoms with Gasteiger partial charge in [-0.3, -0.25) is 9.59 Å². The number of aliphatic hydroxyl groups is 1. The minimum atomic E-state index is -0.991. The highest BCUT2D eigenvalue weighted by Crippen LogP contribution is 2.25. The van der Waals surface area contributed by atoms with E-state index in [1.54, 1.807) is 30.6 Å². The average Bonchev–Trinajstić information content (AvgIpc) is 3.15. The summed E-state index contributed by atoms with van der Waals surface area (Å²) in [7, 11) is 3.19. The third-order valence-electron chi connectivity index (χ3n) is 5.29. The van der Waals surface area contributed by atoms with Crippen LogP contribution in [0.3, 0.4) is 0 Å². The Bertz CT molecular complexity index is 640. The van der Waals surface area contributed by atoms with Crippen LogP contribution in [0.4, 0.5) is 0 Å². The van der Waals surface area contributed by atoms with Crippen molar-refractivity contribution in [3.05, 3.63) is 16.3 Å². The van der Waals surface area contributed by atoms with Gasteiger partial charge in [-0.05, 0) is 18.8 Å². The van der Waals surface area contributed by atoms with Crippen molar-refractivity contribution in [3.63, 3.8) is 0 Å². The highest BCUT2D eigenvalue weighted by molar-refractivity contribution is 7.12. The molecule has 2 rings (SSSR count). The first-order chi connectivity index (χ1) is 12.8. The van der Waals surface area contributed by atoms with Gasteiger partial charge in [-0.1, -0.05) is 13.8 Å². The zero-order chi connectivity index (χ0) is 20.0. The lowest BCUT2D eigenvalue weighted by atomic mass is 9.89. The number of carbonyl (C=O) groups excluding carboxylic acids is 2. The Balaban J connectivity index is 1.82. The number of amides is 2. The fraction of sp³-hybridized carbons (Fsp3) is 0.684. The summed E-state index contributed by atoms with van der Waals surface area (Å²) in [6.07, 6.45) is 0.885. The Hall–Kier alpha value is -1.64. The second-order valence-electron chi connectivity index (χ2n) is 7.30. The molecule has 2 atom stereocenters. The van der Waals surface area contributed by atoms with Crippen LogP contribution in [0.25, 0.3) is 0 Å². The van der Waals surface area contributed by atoms with E-state index in [0.717, 1.165) is 0 Å². The molecule has 1 aliphatic heterocycles. The Morgan fingerprint density at radius 3 is 2.56 bits per heavy atom. The Morgan fingerprint density at radius 1 is 1.33 bits per heavy atom. The minimum Gasteiger partial charge on any atom is -0.496 e. The lowest BCUT2D eigenvalue weighted by Gasteiger charge is -2.39. The maximum atomic E-state index is 12.6. The Morgan fingerprint density at radius 2 is 2.00 bits per heavy atom. The third kappa shape index (κ3) is 5.67. The van der Waals surface area contributed by atoms with Crippen LogP contribution >= 0.6 is 11.3 Å². The van der Waals surface area contributed by atoms with Gasteiger partial charge in [0.1, 0.15) is 5.75 Å². The number of methoxy groups -OCH3 is 2. The Labute approximate surface area is 164 Å². The minimum absolute atomic E-state index is 0.0938. The SMILES string of the molecule is COCC(C)C(C)C(=O)N1CCC(O)(CNC(=O)c2cc(OC)cs2)CC1. The monoisotopic (exact) mass is 398 g/mol. The van der Waals surface area contributed by atoms with Crippen molar-refractivity contribution in [2.24, 2.45) is 11.8 Å². The van der Waals surface area contributed by atoms with E-state index >= 15 is 0 Å². The number of carbonyl (C=O) groups is 2. The maximum Gasteiger partial charge on any atom is 0.261 e. The van der Waals surface area contributed by atoms with Gasteiger partial charge in [0.25, 0.3) is 5.91 Å². The number of hydrogen-bond donors (Lipinski definition) is 2. The molecule has 152 valence electrons. The van der Waals surface area contributed by atoms with Crippen molar-refractivity contribution >= 4 is 23.2 Å². The van der Waals surface area contributed by atoms with Crippen LogP contribution in [-0.4, -0.2) is 67.9 Å². The summed E-state index contributed by atoms with van der Waals surface area (Å²) in [4.78, 5) is 27.2. The summed E-state index contributed by atoms with van der Waals surface area (Å²) in [6.45, 7) is 5.61. The van der Waals surface area contributed by atoms with Crippen molar-refractivity contribution in [2.75, 3.05) is 40.5 Å². The molecule has 1 fully saturated rings. The number of thiophene rings is 1. The second kappa shape index (κ2) is 9.52. The molecule has 0 saturated carbocycles. The quantitative estimate of drug-likeness (QED) is 0.697. The first kappa shape index (κ1) is 21.7. The molecule has 0 aliphatic carbocycles. The van der Waals surface area contributed by atoms with Crippen molar-refractivity contribution in [2.45, 2.75) is 32.3 Å². The van der Waals surface area contributed by atoms with Gasteiger partial charge >= 0.3 is 0 Å². The number of nitrogens with zero attached hydrogens (tertiary/aromatic N) is 1. The average molecular weight is 399 g/mol. The number of hydrogen-bond acceptors (Lipinski definition) is 6. The van der Waals surface area contributed by atoms with E-state index in [-0.39, 0.29) is 30.2 Å². The summed E-state index contributed by atoms with van der Waals surface area (Å²) in [5.74, 6) is 0.538. The van der Waals surface area contributed by atoms with Crippen molar-refractivity contribution in [1.29, 1.82) is 0 Å². The molecule has 1 aliphatic rings. The Kier molecular flexibility index (Phi) is 7.64. The summed E-state index contributed by atoms with van der Waals surface area (Å²) in [6, 6.07) is 1.67. The number of nitrogens with one attached hydrogen (secondary N) is 1. The van der Waals surface area contributed by atoms with E-state index in [2.05, 4.69) is 5.32 Å². The number of ether oxygens (including phenoxy) is 2. The summed E-state index contributed by atoms with van der Waals surface area (Å²) in [5, 5.41) is 15.3. The van der Waals surface area contributed by atoms with E-state index in [0.29, 0.717) is 43.2 Å². The molecule has 0 bridgehead atoms. The molecule has 0 aromatic carbocycles. The molecule has 2 N–H and O–H groups in total. The van der Waals surface area contributed by atoms with Crippen LogP contribution in [0, 0.1) is 11.8 Å². The van der Waals surface area contributed by atoms with Gasteiger partial charge in [0.05, 0.1) is 17.6 Å². The topological polar surface area (TPSA) is 88.1 Å². The van der Waals surface area contributed by atoms with Crippen LogP contribution in [0.2, 0.25) is 0 Å². The van der Waals surface area contributed by atoms with E-state index in [1.807, 2.05) is 13.8 Å². The van der Waals surface area contributed by atoms with E-state index in [9.17, 15) is 14.7 Å². The van der Waals surface area contributed by atoms with Gasteiger partial charge in [0.2, 0.25) is 5.91 Å². The van der Waals surface area contributed by atoms with Crippen LogP contribution in [0.1, 0.15) is 36.4 Å². The smallest absolute Gasteiger partial charge is 0.261 e. The van der Waals surface area contributed by atoms with E-state index in [4.69, 9.17) is 9.47 Å². The molecular weight excluding hydrogens is 368 g/mol. The fourth-order valence-corrected chi connectivity index (χ4v) is 3.91. The summed E-state index contributed by atoms with van der Waals surface area (Å²) in [5.41, 5.74) is -0.991. The molecule has 2 unspecified atom stereocenters. The number of likely N-dealkylation sites (tertiary alicyclic amines) is 1. The van der Waals surface area contributed by atoms with Gasteiger partial charge in [-0.2, -0.15) is 0 Å². The highest BCUT2D eigenvalue weighted by atomic mass is 32.1. The van der Waals surface area contributed by atoms with Gasteiger partial charge in [0.15, 0.2) is 0 Å². The molecule has 7 nitrogen and oxygen atoms in total. The van der Waals surface area contributed by atoms with Gasteiger partial charge in [-0.25, -0.2) is 0 Å². The molecule has 1 aromatic heterocycles. The molecule has 1 aromatic rings. The van der Waals surface area contributed by atoms with Gasteiger partial charge < -0.3 is 24.8 Å². The number of piperidine rings is 1. The third-order valence-corrected chi connectivity index (χ3v) is 6.20. The molecule has 8 heteroatoms. The summed E-state index contributed by atoms with van der Waals surface area (Å²) < 4.78 is 10.2. The van der Waals surface area contributed by atoms with Crippen molar-refractivity contribution in [3.8, 4) is 5.75 Å². The lowest BCUT2D eigenvalue weighted by Crippen LogP contribution is -2.53. The lowest BCUT2D eigenvalue weighted by molar-refractivity contribution is -0.141. The number of rotatable bonds is 8. The van der Waals surface area contributed by atoms with Crippen molar-refractivity contribution < 1.29 is 24.2 Å². The summed E-state index contributed by atoms with van der Waals surface area (Å²) >= 11 is 1.30. The van der Waals surface area contributed by atoms with Crippen LogP contribution < -0.4 is 10.1 Å². The van der Waals surface area contributed by atoms with Crippen LogP contribution in [0.5, 0.6) is 5.75 Å². The van der Waals surface area contributed by atoms with Crippen LogP contribution in [-0.2, 0) is 9.53 Å². The molecule has 0 radical (unpaired) electrons. The second-order valence-corrected chi connectivity index (χ2v) is 8.22. The first-order valence-electron chi connectivity index (χ1n) is 9.20. The van der Waals surface area contributed by atoms with Gasteiger partial charge in [0, 0.05) is 50.7 Å². The maximum absolute atomic E-state index is 12.6. The molecule has 0 spiro atoms. The van der Waals surface area contributed by atoms with Gasteiger partial charge in [-0.15, -0.1) is 11.3 Å². The molecule has 1 saturated heterocycles. The molecule has 2 heterocycles. The standard InChI is InChI=1S/C19H30N2O5S/c1-13(10-25-3)14(2)18(23)21-7-5-19(24,6-8-21)12-20-17(22)16-9-15(26-4)11-27-16/h9,11,13-14,24H,5-8,10,12H2,1-4H3,(H,20,22). The van der Waals surface area contributed by atoms with E-state index in [1.165, 1.54) is 11.3 Å². The fourth-order valence-electron chi connectivity index (χ4n) is 3.14. The zero-order valence-corrected chi connectivity index (χ0v) is 17.3. The van der Waals surface area contributed by atoms with Crippen molar-refractivity contribution in [1.82, 2.24) is 10.2 Å². The predicted octanol–water partition coefficient (Wildman–Crippen LogP) is 1.76. The first-order valence-corrected chi connectivity index (χ1v) is 10.1.